The highest BCUT2D eigenvalue weighted by Crippen LogP contribution is 2.20. The van der Waals surface area contributed by atoms with Crippen LogP contribution in [0.25, 0.3) is 0 Å². The van der Waals surface area contributed by atoms with Crippen LogP contribution in [0.5, 0.6) is 0 Å². The van der Waals surface area contributed by atoms with Crippen molar-refractivity contribution in [1.29, 1.82) is 0 Å². The Labute approximate surface area is 109 Å². The van der Waals surface area contributed by atoms with Crippen LogP contribution in [0.15, 0.2) is 42.9 Å². The van der Waals surface area contributed by atoms with E-state index in [1.165, 1.54) is 11.1 Å². The van der Waals surface area contributed by atoms with Gasteiger partial charge in [-0.2, -0.15) is 0 Å². The summed E-state index contributed by atoms with van der Waals surface area (Å²) in [5.74, 6) is -0.572. The largest absolute Gasteiger partial charge is 0.280 e. The molecule has 0 aromatic carbocycles. The fraction of sp³-hybridized carbons (Fsp3) is 0.143. The van der Waals surface area contributed by atoms with Crippen molar-refractivity contribution in [3.63, 3.8) is 0 Å². The van der Waals surface area contributed by atoms with Crippen molar-refractivity contribution < 1.29 is 9.59 Å². The first-order valence-electron chi connectivity index (χ1n) is 5.97. The second-order valence-electron chi connectivity index (χ2n) is 4.27. The quantitative estimate of drug-likeness (QED) is 0.774. The smallest absolute Gasteiger partial charge is 0.273 e. The second kappa shape index (κ2) is 4.61. The molecule has 0 aliphatic carbocycles. The van der Waals surface area contributed by atoms with E-state index in [-0.39, 0.29) is 17.5 Å². The zero-order valence-corrected chi connectivity index (χ0v) is 10.1. The predicted octanol–water partition coefficient (Wildman–Crippen LogP) is 1.32. The lowest BCUT2D eigenvalue weighted by Crippen LogP contribution is -2.31. The van der Waals surface area contributed by atoms with Gasteiger partial charge in [0.1, 0.15) is 5.69 Å². The Balaban J connectivity index is 1.78. The summed E-state index contributed by atoms with van der Waals surface area (Å²) in [6.07, 6.45) is 5.53. The molecule has 3 heterocycles. The maximum absolute atomic E-state index is 12.1. The Bertz CT molecular complexity index is 605. The number of carbonyl (C=O) groups excluding carboxylic acids is 2. The average Bonchev–Trinajstić information content (AvgIpc) is 2.71. The van der Waals surface area contributed by atoms with Gasteiger partial charge in [-0.15, -0.1) is 0 Å². The number of hydrogen-bond acceptors (Lipinski definition) is 4. The summed E-state index contributed by atoms with van der Waals surface area (Å²) in [6.45, 7) is 0.359. The molecule has 5 nitrogen and oxygen atoms in total. The summed E-state index contributed by atoms with van der Waals surface area (Å²) in [6, 6.07) is 7.04. The summed E-state index contributed by atoms with van der Waals surface area (Å²) in [4.78, 5) is 33.3. The Kier molecular flexibility index (Phi) is 2.79. The molecule has 0 saturated heterocycles. The molecule has 0 saturated carbocycles. The molecule has 2 aromatic heterocycles. The summed E-state index contributed by atoms with van der Waals surface area (Å²) in [7, 11) is 0. The molecular weight excluding hydrogens is 242 g/mol. The molecule has 0 radical (unpaired) electrons. The summed E-state index contributed by atoms with van der Waals surface area (Å²) >= 11 is 0. The lowest BCUT2D eigenvalue weighted by molar-refractivity contribution is 0.0654. The van der Waals surface area contributed by atoms with Gasteiger partial charge in [0.15, 0.2) is 0 Å². The third kappa shape index (κ3) is 1.99. The zero-order chi connectivity index (χ0) is 13.2. The van der Waals surface area contributed by atoms with Gasteiger partial charge >= 0.3 is 0 Å². The van der Waals surface area contributed by atoms with E-state index >= 15 is 0 Å². The van der Waals surface area contributed by atoms with E-state index in [1.807, 2.05) is 12.1 Å². The molecule has 1 aliphatic rings. The van der Waals surface area contributed by atoms with Gasteiger partial charge in [0.2, 0.25) is 0 Å². The maximum Gasteiger partial charge on any atom is 0.280 e. The lowest BCUT2D eigenvalue weighted by Gasteiger charge is -2.12. The van der Waals surface area contributed by atoms with Crippen molar-refractivity contribution in [2.45, 2.75) is 6.42 Å². The van der Waals surface area contributed by atoms with Crippen molar-refractivity contribution >= 4 is 11.8 Å². The molecule has 5 heteroatoms. The summed E-state index contributed by atoms with van der Waals surface area (Å²) < 4.78 is 0. The molecule has 1 aliphatic heterocycles. The number of pyridine rings is 2. The Hall–Kier alpha value is -2.56. The molecule has 3 rings (SSSR count). The van der Waals surface area contributed by atoms with Crippen molar-refractivity contribution in [3.8, 4) is 0 Å². The second-order valence-corrected chi connectivity index (χ2v) is 4.27. The van der Waals surface area contributed by atoms with E-state index in [0.717, 1.165) is 5.56 Å². The first-order valence-corrected chi connectivity index (χ1v) is 5.97. The van der Waals surface area contributed by atoms with Crippen molar-refractivity contribution in [2.75, 3.05) is 6.54 Å². The Morgan fingerprint density at radius 2 is 1.79 bits per heavy atom. The van der Waals surface area contributed by atoms with Crippen LogP contribution in [0.2, 0.25) is 0 Å². The summed E-state index contributed by atoms with van der Waals surface area (Å²) in [5.41, 5.74) is 1.68. The van der Waals surface area contributed by atoms with Crippen LogP contribution >= 0.6 is 0 Å². The number of nitrogens with zero attached hydrogens (tertiary/aromatic N) is 3. The van der Waals surface area contributed by atoms with E-state index < -0.39 is 0 Å². The van der Waals surface area contributed by atoms with Gasteiger partial charge < -0.3 is 0 Å². The van der Waals surface area contributed by atoms with Crippen molar-refractivity contribution in [1.82, 2.24) is 14.9 Å². The molecule has 19 heavy (non-hydrogen) atoms. The Morgan fingerprint density at radius 3 is 2.53 bits per heavy atom. The minimum absolute atomic E-state index is 0.252. The first-order chi connectivity index (χ1) is 9.27. The van der Waals surface area contributed by atoms with Crippen LogP contribution in [0.3, 0.4) is 0 Å². The van der Waals surface area contributed by atoms with E-state index in [9.17, 15) is 9.59 Å². The van der Waals surface area contributed by atoms with Gasteiger partial charge in [-0.25, -0.2) is 0 Å². The van der Waals surface area contributed by atoms with Crippen LogP contribution in [-0.4, -0.2) is 33.2 Å². The molecule has 0 N–H and O–H groups in total. The van der Waals surface area contributed by atoms with Gasteiger partial charge in [0, 0.05) is 25.1 Å². The van der Waals surface area contributed by atoms with Crippen LogP contribution in [0.4, 0.5) is 0 Å². The van der Waals surface area contributed by atoms with Crippen molar-refractivity contribution in [3.05, 3.63) is 59.7 Å². The maximum atomic E-state index is 12.1. The number of hydrogen-bond donors (Lipinski definition) is 0. The molecular formula is C14H11N3O2. The number of fused-ring (bicyclic) bond motifs is 1. The van der Waals surface area contributed by atoms with Gasteiger partial charge in [-0.1, -0.05) is 0 Å². The van der Waals surface area contributed by atoms with Crippen LogP contribution in [-0.2, 0) is 6.42 Å². The van der Waals surface area contributed by atoms with E-state index in [2.05, 4.69) is 9.97 Å². The van der Waals surface area contributed by atoms with E-state index in [1.54, 1.807) is 24.5 Å². The van der Waals surface area contributed by atoms with E-state index in [4.69, 9.17) is 0 Å². The number of amides is 2. The third-order valence-electron chi connectivity index (χ3n) is 3.10. The van der Waals surface area contributed by atoms with Gasteiger partial charge in [-0.3, -0.25) is 24.5 Å². The number of imide groups is 1. The molecule has 0 atom stereocenters. The molecule has 0 fully saturated rings. The fourth-order valence-corrected chi connectivity index (χ4v) is 2.11. The topological polar surface area (TPSA) is 63.2 Å². The van der Waals surface area contributed by atoms with Gasteiger partial charge in [0.05, 0.1) is 5.56 Å². The molecule has 2 amide bonds. The number of carbonyl (C=O) groups is 2. The zero-order valence-electron chi connectivity index (χ0n) is 10.1. The minimum Gasteiger partial charge on any atom is -0.273 e. The van der Waals surface area contributed by atoms with Gasteiger partial charge in [0.25, 0.3) is 11.8 Å². The average molecular weight is 253 g/mol. The van der Waals surface area contributed by atoms with Crippen LogP contribution in [0.1, 0.15) is 26.4 Å². The van der Waals surface area contributed by atoms with Crippen molar-refractivity contribution in [2.24, 2.45) is 0 Å². The fourth-order valence-electron chi connectivity index (χ4n) is 2.11. The van der Waals surface area contributed by atoms with E-state index in [0.29, 0.717) is 18.5 Å². The molecule has 0 unspecified atom stereocenters. The van der Waals surface area contributed by atoms with Crippen LogP contribution < -0.4 is 0 Å². The number of aromatic nitrogens is 2. The highest BCUT2D eigenvalue weighted by atomic mass is 16.2. The monoisotopic (exact) mass is 253 g/mol. The normalized spacial score (nSPS) is 13.8. The highest BCUT2D eigenvalue weighted by Gasteiger charge is 2.35. The first kappa shape index (κ1) is 11.5. The van der Waals surface area contributed by atoms with Crippen LogP contribution in [0, 0.1) is 0 Å². The Morgan fingerprint density at radius 1 is 1.00 bits per heavy atom. The van der Waals surface area contributed by atoms with Gasteiger partial charge in [-0.05, 0) is 36.2 Å². The molecule has 0 bridgehead atoms. The number of rotatable bonds is 3. The summed E-state index contributed by atoms with van der Waals surface area (Å²) in [5, 5.41) is 0. The minimum atomic E-state index is -0.311. The standard InChI is InChI=1S/C14H11N3O2/c18-13-11-2-1-6-16-12(11)14(19)17(13)9-5-10-3-7-15-8-4-10/h1-4,6-8H,5,9H2. The molecule has 94 valence electrons. The SMILES string of the molecule is O=C1c2cccnc2C(=O)N1CCc1ccncc1. The lowest BCUT2D eigenvalue weighted by atomic mass is 10.2. The highest BCUT2D eigenvalue weighted by molar-refractivity contribution is 6.20. The predicted molar refractivity (Wildman–Crippen MR) is 67.5 cm³/mol. The molecule has 0 spiro atoms. The third-order valence-corrected chi connectivity index (χ3v) is 3.10. The molecule has 2 aromatic rings.